The molecule has 0 bridgehead atoms. The van der Waals surface area contributed by atoms with Crippen LogP contribution in [-0.4, -0.2) is 35.0 Å². The Hall–Kier alpha value is -1.08. The van der Waals surface area contributed by atoms with Crippen molar-refractivity contribution < 1.29 is 4.79 Å². The molecule has 2 heterocycles. The Kier molecular flexibility index (Phi) is 7.36. The second-order valence-electron chi connectivity index (χ2n) is 5.21. The molecule has 2 atom stereocenters. The van der Waals surface area contributed by atoms with Gasteiger partial charge in [-0.3, -0.25) is 4.79 Å². The van der Waals surface area contributed by atoms with Crippen molar-refractivity contribution in [2.45, 2.75) is 18.5 Å². The highest BCUT2D eigenvalue weighted by Crippen LogP contribution is 2.24. The molecule has 23 heavy (non-hydrogen) atoms. The Morgan fingerprint density at radius 2 is 2.22 bits per heavy atom. The number of hydrogen-bond acceptors (Lipinski definition) is 5. The van der Waals surface area contributed by atoms with Crippen molar-refractivity contribution in [1.82, 2.24) is 15.6 Å². The Labute approximate surface area is 150 Å². The first-order valence-corrected chi connectivity index (χ1v) is 9.41. The summed E-state index contributed by atoms with van der Waals surface area (Å²) in [7, 11) is 0. The van der Waals surface area contributed by atoms with Gasteiger partial charge in [-0.1, -0.05) is 30.3 Å². The summed E-state index contributed by atoms with van der Waals surface area (Å²) in [5.74, 6) is 2.20. The average Bonchev–Trinajstić information content (AvgIpc) is 3.08. The summed E-state index contributed by atoms with van der Waals surface area (Å²) >= 11 is 3.47. The summed E-state index contributed by atoms with van der Waals surface area (Å²) < 4.78 is 0. The topological polar surface area (TPSA) is 54.0 Å². The third kappa shape index (κ3) is 5.21. The van der Waals surface area contributed by atoms with Crippen LogP contribution >= 0.6 is 35.5 Å². The molecule has 0 spiro atoms. The number of carbonyl (C=O) groups excluding carboxylic acids is 1. The SMILES string of the molecule is Cl.O=C(CC1CSCCN1)NC(c1ccccc1)c1nccs1. The van der Waals surface area contributed by atoms with E-state index in [2.05, 4.69) is 15.6 Å². The minimum Gasteiger partial charge on any atom is -0.343 e. The van der Waals surface area contributed by atoms with Gasteiger partial charge >= 0.3 is 0 Å². The fourth-order valence-corrected chi connectivity index (χ4v) is 4.17. The third-order valence-corrected chi connectivity index (χ3v) is 5.54. The Morgan fingerprint density at radius 3 is 2.87 bits per heavy atom. The van der Waals surface area contributed by atoms with E-state index in [4.69, 9.17) is 0 Å². The molecular formula is C16H20ClN3OS2. The van der Waals surface area contributed by atoms with E-state index >= 15 is 0 Å². The summed E-state index contributed by atoms with van der Waals surface area (Å²) in [4.78, 5) is 16.8. The predicted octanol–water partition coefficient (Wildman–Crippen LogP) is 2.87. The number of carbonyl (C=O) groups is 1. The largest absolute Gasteiger partial charge is 0.343 e. The number of aromatic nitrogens is 1. The molecule has 0 radical (unpaired) electrons. The number of rotatable bonds is 5. The van der Waals surface area contributed by atoms with E-state index in [9.17, 15) is 4.79 Å². The van der Waals surface area contributed by atoms with Crippen LogP contribution in [0.1, 0.15) is 23.0 Å². The van der Waals surface area contributed by atoms with E-state index in [0.717, 1.165) is 28.6 Å². The van der Waals surface area contributed by atoms with Crippen molar-refractivity contribution in [3.63, 3.8) is 0 Å². The average molecular weight is 370 g/mol. The van der Waals surface area contributed by atoms with Crippen LogP contribution < -0.4 is 10.6 Å². The molecule has 7 heteroatoms. The van der Waals surface area contributed by atoms with Gasteiger partial charge in [0.05, 0.1) is 0 Å². The summed E-state index contributed by atoms with van der Waals surface area (Å²) in [5.41, 5.74) is 1.07. The number of thioether (sulfide) groups is 1. The monoisotopic (exact) mass is 369 g/mol. The lowest BCUT2D eigenvalue weighted by molar-refractivity contribution is -0.122. The fourth-order valence-electron chi connectivity index (χ4n) is 2.50. The van der Waals surface area contributed by atoms with Gasteiger partial charge in [-0.2, -0.15) is 11.8 Å². The lowest BCUT2D eigenvalue weighted by atomic mass is 10.1. The first kappa shape index (κ1) is 18.3. The van der Waals surface area contributed by atoms with Gasteiger partial charge in [0.2, 0.25) is 5.91 Å². The summed E-state index contributed by atoms with van der Waals surface area (Å²) in [6.07, 6.45) is 2.29. The Balaban J connectivity index is 0.00000192. The van der Waals surface area contributed by atoms with Crippen LogP contribution in [0.2, 0.25) is 0 Å². The Morgan fingerprint density at radius 1 is 1.39 bits per heavy atom. The van der Waals surface area contributed by atoms with Crippen molar-refractivity contribution in [2.75, 3.05) is 18.1 Å². The molecule has 2 N–H and O–H groups in total. The summed E-state index contributed by atoms with van der Waals surface area (Å²) in [6, 6.07) is 10.1. The molecule has 1 amide bonds. The van der Waals surface area contributed by atoms with Crippen LogP contribution in [-0.2, 0) is 4.79 Å². The second-order valence-corrected chi connectivity index (χ2v) is 7.29. The van der Waals surface area contributed by atoms with E-state index in [0.29, 0.717) is 6.42 Å². The van der Waals surface area contributed by atoms with Crippen LogP contribution in [0, 0.1) is 0 Å². The van der Waals surface area contributed by atoms with E-state index in [-0.39, 0.29) is 30.4 Å². The maximum atomic E-state index is 12.4. The first-order valence-electron chi connectivity index (χ1n) is 7.38. The minimum atomic E-state index is -0.162. The molecule has 1 aliphatic heterocycles. The number of halogens is 1. The molecule has 0 saturated carbocycles. The maximum Gasteiger partial charge on any atom is 0.222 e. The van der Waals surface area contributed by atoms with E-state index < -0.39 is 0 Å². The van der Waals surface area contributed by atoms with Crippen LogP contribution in [0.5, 0.6) is 0 Å². The van der Waals surface area contributed by atoms with Crippen LogP contribution in [0.25, 0.3) is 0 Å². The number of nitrogens with one attached hydrogen (secondary N) is 2. The summed E-state index contributed by atoms with van der Waals surface area (Å²) in [5, 5.41) is 9.41. The summed E-state index contributed by atoms with van der Waals surface area (Å²) in [6.45, 7) is 0.983. The molecule has 1 aromatic heterocycles. The standard InChI is InChI=1S/C16H19N3OS2.ClH/c20-14(10-13-11-21-8-6-17-13)19-15(16-18-7-9-22-16)12-4-2-1-3-5-12;/h1-5,7,9,13,15,17H,6,8,10-11H2,(H,19,20);1H. The van der Waals surface area contributed by atoms with Crippen LogP contribution in [0.4, 0.5) is 0 Å². The normalized spacial score (nSPS) is 18.7. The number of hydrogen-bond donors (Lipinski definition) is 2. The van der Waals surface area contributed by atoms with Crippen LogP contribution in [0.15, 0.2) is 41.9 Å². The molecule has 1 saturated heterocycles. The smallest absolute Gasteiger partial charge is 0.222 e. The zero-order chi connectivity index (χ0) is 15.2. The molecule has 3 rings (SSSR count). The van der Waals surface area contributed by atoms with Crippen molar-refractivity contribution in [1.29, 1.82) is 0 Å². The first-order chi connectivity index (χ1) is 10.8. The Bertz CT molecular complexity index is 589. The molecule has 1 fully saturated rings. The molecular weight excluding hydrogens is 350 g/mol. The number of nitrogens with zero attached hydrogens (tertiary/aromatic N) is 1. The predicted molar refractivity (Wildman–Crippen MR) is 99.5 cm³/mol. The number of benzene rings is 1. The van der Waals surface area contributed by atoms with Crippen molar-refractivity contribution in [3.8, 4) is 0 Å². The minimum absolute atomic E-state index is 0. The highest BCUT2D eigenvalue weighted by molar-refractivity contribution is 7.99. The molecule has 1 aromatic carbocycles. The lowest BCUT2D eigenvalue weighted by Crippen LogP contribution is -2.42. The van der Waals surface area contributed by atoms with Gasteiger partial charge in [0, 0.05) is 42.1 Å². The van der Waals surface area contributed by atoms with Gasteiger partial charge in [-0.05, 0) is 5.56 Å². The number of amides is 1. The van der Waals surface area contributed by atoms with E-state index in [1.165, 1.54) is 0 Å². The van der Waals surface area contributed by atoms with E-state index in [1.54, 1.807) is 17.5 Å². The molecule has 1 aliphatic rings. The molecule has 4 nitrogen and oxygen atoms in total. The molecule has 0 aliphatic carbocycles. The number of thiazole rings is 1. The highest BCUT2D eigenvalue weighted by atomic mass is 35.5. The van der Waals surface area contributed by atoms with Crippen molar-refractivity contribution in [3.05, 3.63) is 52.5 Å². The van der Waals surface area contributed by atoms with Gasteiger partial charge in [0.15, 0.2) is 0 Å². The molecule has 124 valence electrons. The van der Waals surface area contributed by atoms with Gasteiger partial charge in [-0.25, -0.2) is 4.98 Å². The quantitative estimate of drug-likeness (QED) is 0.850. The highest BCUT2D eigenvalue weighted by Gasteiger charge is 2.22. The fraction of sp³-hybridized carbons (Fsp3) is 0.375. The van der Waals surface area contributed by atoms with Gasteiger partial charge in [-0.15, -0.1) is 23.7 Å². The van der Waals surface area contributed by atoms with Gasteiger partial charge in [0.1, 0.15) is 11.0 Å². The molecule has 2 unspecified atom stereocenters. The zero-order valence-electron chi connectivity index (χ0n) is 12.6. The zero-order valence-corrected chi connectivity index (χ0v) is 15.1. The second kappa shape index (κ2) is 9.27. The maximum absolute atomic E-state index is 12.4. The van der Waals surface area contributed by atoms with Crippen molar-refractivity contribution >= 4 is 41.4 Å². The van der Waals surface area contributed by atoms with Crippen molar-refractivity contribution in [2.24, 2.45) is 0 Å². The van der Waals surface area contributed by atoms with Gasteiger partial charge < -0.3 is 10.6 Å². The molecule has 2 aromatic rings. The van der Waals surface area contributed by atoms with E-state index in [1.807, 2.05) is 47.5 Å². The lowest BCUT2D eigenvalue weighted by Gasteiger charge is -2.24. The van der Waals surface area contributed by atoms with Gasteiger partial charge in [0.25, 0.3) is 0 Å². The third-order valence-electron chi connectivity index (χ3n) is 3.57. The van der Waals surface area contributed by atoms with Crippen LogP contribution in [0.3, 0.4) is 0 Å².